The van der Waals surface area contributed by atoms with Crippen molar-refractivity contribution in [1.82, 2.24) is 5.32 Å². The van der Waals surface area contributed by atoms with E-state index in [1.165, 1.54) is 0 Å². The van der Waals surface area contributed by atoms with Crippen LogP contribution in [0.2, 0.25) is 0 Å². The van der Waals surface area contributed by atoms with Crippen LogP contribution >= 0.6 is 15.9 Å². The molecule has 5 rings (SSSR count). The Hall–Kier alpha value is -4.28. The quantitative estimate of drug-likeness (QED) is 0.173. The highest BCUT2D eigenvalue weighted by molar-refractivity contribution is 9.10. The van der Waals surface area contributed by atoms with E-state index >= 15 is 0 Å². The third-order valence-corrected chi connectivity index (χ3v) is 8.07. The van der Waals surface area contributed by atoms with Gasteiger partial charge in [-0.25, -0.2) is 13.8 Å². The number of hydrogen-bond donors (Lipinski definition) is 2. The van der Waals surface area contributed by atoms with Crippen molar-refractivity contribution in [3.05, 3.63) is 129 Å². The molecule has 10 heteroatoms. The SMILES string of the molecule is COc1cccc([C@H]2OC(c3ccc(OCCCO)cc3)=N[C@@]2(Cc2ccccc2Br)C(=O)NCc2cc(F)ccc2F)c1. The number of carbonyl (C=O) groups excluding carboxylic acids is 1. The zero-order valence-electron chi connectivity index (χ0n) is 23.9. The molecule has 0 aromatic heterocycles. The van der Waals surface area contributed by atoms with Gasteiger partial charge >= 0.3 is 0 Å². The molecule has 0 radical (unpaired) electrons. The lowest BCUT2D eigenvalue weighted by molar-refractivity contribution is -0.129. The van der Waals surface area contributed by atoms with Gasteiger partial charge in [-0.15, -0.1) is 0 Å². The molecule has 0 saturated carbocycles. The van der Waals surface area contributed by atoms with Gasteiger partial charge in [-0.2, -0.15) is 0 Å². The predicted molar refractivity (Wildman–Crippen MR) is 166 cm³/mol. The highest BCUT2D eigenvalue weighted by atomic mass is 79.9. The number of aliphatic hydroxyl groups excluding tert-OH is 1. The summed E-state index contributed by atoms with van der Waals surface area (Å²) in [7, 11) is 1.55. The molecule has 228 valence electrons. The number of methoxy groups -OCH3 is 1. The van der Waals surface area contributed by atoms with Gasteiger partial charge in [0.25, 0.3) is 5.91 Å². The lowest BCUT2D eigenvalue weighted by Crippen LogP contribution is -2.49. The zero-order chi connectivity index (χ0) is 31.1. The first-order chi connectivity index (χ1) is 21.3. The van der Waals surface area contributed by atoms with E-state index in [2.05, 4.69) is 21.2 Å². The summed E-state index contributed by atoms with van der Waals surface area (Å²) < 4.78 is 46.9. The van der Waals surface area contributed by atoms with E-state index in [-0.39, 0.29) is 31.0 Å². The van der Waals surface area contributed by atoms with Crippen molar-refractivity contribution in [3.8, 4) is 11.5 Å². The normalized spacial score (nSPS) is 17.5. The molecular formula is C34H31BrF2N2O5. The van der Waals surface area contributed by atoms with Gasteiger partial charge in [0.05, 0.1) is 13.7 Å². The van der Waals surface area contributed by atoms with E-state index in [1.807, 2.05) is 30.3 Å². The number of aliphatic imine (C=N–C) groups is 1. The summed E-state index contributed by atoms with van der Waals surface area (Å²) in [5, 5.41) is 11.8. The minimum Gasteiger partial charge on any atom is -0.497 e. The van der Waals surface area contributed by atoms with Crippen molar-refractivity contribution in [1.29, 1.82) is 0 Å². The Labute approximate surface area is 262 Å². The van der Waals surface area contributed by atoms with E-state index in [4.69, 9.17) is 24.3 Å². The summed E-state index contributed by atoms with van der Waals surface area (Å²) in [5.41, 5.74) is 0.517. The lowest BCUT2D eigenvalue weighted by atomic mass is 9.82. The fourth-order valence-electron chi connectivity index (χ4n) is 5.03. The van der Waals surface area contributed by atoms with Gasteiger partial charge in [-0.05, 0) is 71.8 Å². The molecule has 1 aliphatic heterocycles. The molecule has 0 unspecified atom stereocenters. The third-order valence-electron chi connectivity index (χ3n) is 7.29. The number of carbonyl (C=O) groups is 1. The largest absolute Gasteiger partial charge is 0.497 e. The van der Waals surface area contributed by atoms with Crippen LogP contribution in [-0.2, 0) is 22.5 Å². The Morgan fingerprint density at radius 1 is 1.00 bits per heavy atom. The van der Waals surface area contributed by atoms with E-state index in [0.29, 0.717) is 35.7 Å². The van der Waals surface area contributed by atoms with Crippen LogP contribution in [0.4, 0.5) is 8.78 Å². The van der Waals surface area contributed by atoms with Crippen molar-refractivity contribution in [2.24, 2.45) is 4.99 Å². The second-order valence-corrected chi connectivity index (χ2v) is 11.1. The van der Waals surface area contributed by atoms with Crippen molar-refractivity contribution in [2.45, 2.75) is 31.0 Å². The van der Waals surface area contributed by atoms with Gasteiger partial charge in [0.1, 0.15) is 23.1 Å². The molecule has 0 spiro atoms. The molecule has 1 amide bonds. The second-order valence-electron chi connectivity index (χ2n) is 10.3. The lowest BCUT2D eigenvalue weighted by Gasteiger charge is -2.31. The minimum atomic E-state index is -1.55. The average molecular weight is 666 g/mol. The number of amides is 1. The number of halogens is 3. The number of nitrogens with one attached hydrogen (secondary N) is 1. The topological polar surface area (TPSA) is 89.4 Å². The molecule has 0 bridgehead atoms. The minimum absolute atomic E-state index is 0.00669. The van der Waals surface area contributed by atoms with Crippen molar-refractivity contribution < 1.29 is 32.9 Å². The molecular weight excluding hydrogens is 634 g/mol. The predicted octanol–water partition coefficient (Wildman–Crippen LogP) is 6.31. The Balaban J connectivity index is 1.59. The molecule has 4 aromatic rings. The second kappa shape index (κ2) is 14.0. The molecule has 0 aliphatic carbocycles. The van der Waals surface area contributed by atoms with Crippen LogP contribution in [0.1, 0.15) is 34.8 Å². The summed E-state index contributed by atoms with van der Waals surface area (Å²) in [4.78, 5) is 19.3. The Morgan fingerprint density at radius 2 is 1.80 bits per heavy atom. The number of hydrogen-bond acceptors (Lipinski definition) is 6. The highest BCUT2D eigenvalue weighted by Gasteiger charge is 2.53. The number of nitrogens with zero attached hydrogens (tertiary/aromatic N) is 1. The zero-order valence-corrected chi connectivity index (χ0v) is 25.5. The van der Waals surface area contributed by atoms with Gasteiger partial charge in [-0.3, -0.25) is 4.79 Å². The number of aliphatic hydroxyl groups is 1. The summed E-state index contributed by atoms with van der Waals surface area (Å²) >= 11 is 3.60. The molecule has 2 N–H and O–H groups in total. The molecule has 4 aromatic carbocycles. The maximum absolute atomic E-state index is 14.5. The van der Waals surface area contributed by atoms with Gasteiger partial charge in [-0.1, -0.05) is 46.3 Å². The maximum Gasteiger partial charge on any atom is 0.252 e. The Morgan fingerprint density at radius 3 is 2.55 bits per heavy atom. The summed E-state index contributed by atoms with van der Waals surface area (Å²) in [5.74, 6) is -0.354. The summed E-state index contributed by atoms with van der Waals surface area (Å²) in [6.07, 6.45) is -0.274. The molecule has 44 heavy (non-hydrogen) atoms. The Kier molecular flexibility index (Phi) is 9.92. The molecule has 1 heterocycles. The van der Waals surface area contributed by atoms with Crippen LogP contribution < -0.4 is 14.8 Å². The van der Waals surface area contributed by atoms with Crippen LogP contribution in [0.5, 0.6) is 11.5 Å². The molecule has 1 aliphatic rings. The molecule has 0 saturated heterocycles. The summed E-state index contributed by atoms with van der Waals surface area (Å²) in [6, 6.07) is 24.9. The van der Waals surface area contributed by atoms with Crippen molar-refractivity contribution in [2.75, 3.05) is 20.3 Å². The van der Waals surface area contributed by atoms with Crippen LogP contribution in [0, 0.1) is 11.6 Å². The van der Waals surface area contributed by atoms with Crippen LogP contribution in [0.25, 0.3) is 0 Å². The smallest absolute Gasteiger partial charge is 0.252 e. The van der Waals surface area contributed by atoms with Crippen molar-refractivity contribution in [3.63, 3.8) is 0 Å². The number of ether oxygens (including phenoxy) is 3. The number of benzene rings is 4. The molecule has 7 nitrogen and oxygen atoms in total. The van der Waals surface area contributed by atoms with Crippen LogP contribution in [0.15, 0.2) is 100 Å². The third kappa shape index (κ3) is 6.92. The van der Waals surface area contributed by atoms with E-state index < -0.39 is 29.2 Å². The molecule has 0 fully saturated rings. The van der Waals surface area contributed by atoms with Crippen molar-refractivity contribution >= 4 is 27.7 Å². The maximum atomic E-state index is 14.5. The highest BCUT2D eigenvalue weighted by Crippen LogP contribution is 2.44. The first kappa shape index (κ1) is 31.2. The van der Waals surface area contributed by atoms with Gasteiger partial charge in [0.2, 0.25) is 5.90 Å². The monoisotopic (exact) mass is 664 g/mol. The standard InChI is InChI=1S/C34H31BrF2N2O5/c1-42-28-8-4-7-23(19-28)31-34(20-24-6-2-3-9-29(24)35,33(41)38-21-25-18-26(36)12-15-30(25)37)39-32(44-31)22-10-13-27(14-11-22)43-17-5-16-40/h2-4,6-15,18-19,31,40H,5,16-17,20-21H2,1H3,(H,38,41)/t31-,34-/m1/s1. The Bertz CT molecular complexity index is 1650. The van der Waals surface area contributed by atoms with E-state index in [9.17, 15) is 13.6 Å². The molecule has 2 atom stereocenters. The van der Waals surface area contributed by atoms with Gasteiger partial charge < -0.3 is 24.6 Å². The van der Waals surface area contributed by atoms with Crippen LogP contribution in [-0.4, -0.2) is 42.8 Å². The fraction of sp³-hybridized carbons (Fsp3) is 0.235. The first-order valence-electron chi connectivity index (χ1n) is 14.0. The van der Waals surface area contributed by atoms with E-state index in [0.717, 1.165) is 28.2 Å². The van der Waals surface area contributed by atoms with Crippen LogP contribution in [0.3, 0.4) is 0 Å². The summed E-state index contributed by atoms with van der Waals surface area (Å²) in [6.45, 7) is 0.143. The number of rotatable bonds is 12. The fourth-order valence-corrected chi connectivity index (χ4v) is 5.45. The average Bonchev–Trinajstić information content (AvgIpc) is 3.43. The van der Waals surface area contributed by atoms with E-state index in [1.54, 1.807) is 49.6 Å². The van der Waals surface area contributed by atoms with Gasteiger partial charge in [0, 0.05) is 41.6 Å². The first-order valence-corrected chi connectivity index (χ1v) is 14.8. The van der Waals surface area contributed by atoms with Gasteiger partial charge in [0.15, 0.2) is 11.6 Å².